The van der Waals surface area contributed by atoms with Crippen molar-refractivity contribution in [3.63, 3.8) is 0 Å². The third-order valence-electron chi connectivity index (χ3n) is 2.49. The van der Waals surface area contributed by atoms with Gasteiger partial charge in [-0.2, -0.15) is 0 Å². The average Bonchev–Trinajstić information content (AvgIpc) is 2.25. The van der Waals surface area contributed by atoms with E-state index in [2.05, 4.69) is 0 Å². The Bertz CT molecular complexity index is 538. The van der Waals surface area contributed by atoms with E-state index in [4.69, 9.17) is 5.11 Å². The molecule has 0 aliphatic heterocycles. The van der Waals surface area contributed by atoms with Gasteiger partial charge in [0, 0.05) is 17.5 Å². The third-order valence-corrected chi connectivity index (χ3v) is 2.49. The summed E-state index contributed by atoms with van der Waals surface area (Å²) in [4.78, 5) is 31.3. The smallest absolute Gasteiger partial charge is 0.336 e. The van der Waals surface area contributed by atoms with Gasteiger partial charge in [-0.1, -0.05) is 20.8 Å². The van der Waals surface area contributed by atoms with Gasteiger partial charge in [0.2, 0.25) is 0 Å². The molecule has 0 heterocycles. The van der Waals surface area contributed by atoms with Crippen LogP contribution in [-0.4, -0.2) is 20.9 Å². The van der Waals surface area contributed by atoms with E-state index in [1.165, 1.54) is 0 Å². The lowest BCUT2D eigenvalue weighted by Crippen LogP contribution is -2.17. The Morgan fingerprint density at radius 2 is 1.47 bits per heavy atom. The summed E-state index contributed by atoms with van der Waals surface area (Å²) < 4.78 is 0. The van der Waals surface area contributed by atoms with E-state index in [-0.39, 0.29) is 5.56 Å². The summed E-state index contributed by atoms with van der Waals surface area (Å²) in [5.74, 6) is -1.45. The predicted octanol–water partition coefficient (Wildman–Crippen LogP) is 2.50. The van der Waals surface area contributed by atoms with Gasteiger partial charge in [0.15, 0.2) is 0 Å². The fourth-order valence-electron chi connectivity index (χ4n) is 1.79. The summed E-state index contributed by atoms with van der Waals surface area (Å²) >= 11 is 0. The number of carboxylic acid groups (broad SMARTS) is 1. The molecule has 102 valence electrons. The van der Waals surface area contributed by atoms with Gasteiger partial charge in [0.05, 0.1) is 15.4 Å². The van der Waals surface area contributed by atoms with Crippen LogP contribution in [0.25, 0.3) is 0 Å². The minimum Gasteiger partial charge on any atom is -0.478 e. The molecule has 0 saturated carbocycles. The molecule has 1 aromatic rings. The summed E-state index contributed by atoms with van der Waals surface area (Å²) in [7, 11) is 0. The number of aromatic carboxylic acids is 1. The van der Waals surface area contributed by atoms with Crippen LogP contribution in [0.4, 0.5) is 11.4 Å². The van der Waals surface area contributed by atoms with Gasteiger partial charge in [-0.3, -0.25) is 20.2 Å². The van der Waals surface area contributed by atoms with Crippen LogP contribution in [-0.2, 0) is 5.41 Å². The quantitative estimate of drug-likeness (QED) is 0.663. The molecule has 1 N–H and O–H groups in total. The third kappa shape index (κ3) is 2.84. The normalized spacial score (nSPS) is 11.1. The van der Waals surface area contributed by atoms with Crippen molar-refractivity contribution in [1.29, 1.82) is 0 Å². The van der Waals surface area contributed by atoms with Crippen molar-refractivity contribution in [3.05, 3.63) is 43.5 Å². The second kappa shape index (κ2) is 4.63. The lowest BCUT2D eigenvalue weighted by molar-refractivity contribution is -0.396. The molecule has 0 atom stereocenters. The number of carboxylic acids is 1. The van der Waals surface area contributed by atoms with Gasteiger partial charge in [0.25, 0.3) is 11.4 Å². The van der Waals surface area contributed by atoms with E-state index in [9.17, 15) is 25.0 Å². The summed E-state index contributed by atoms with van der Waals surface area (Å²) in [6.07, 6.45) is 0. The number of rotatable bonds is 3. The Labute approximate surface area is 108 Å². The number of hydrogen-bond donors (Lipinski definition) is 1. The van der Waals surface area contributed by atoms with Crippen LogP contribution in [0.15, 0.2) is 12.1 Å². The number of benzene rings is 1. The molecule has 0 aromatic heterocycles. The highest BCUT2D eigenvalue weighted by molar-refractivity contribution is 5.90. The molecule has 1 aromatic carbocycles. The lowest BCUT2D eigenvalue weighted by Gasteiger charge is -2.18. The van der Waals surface area contributed by atoms with Gasteiger partial charge in [-0.15, -0.1) is 0 Å². The van der Waals surface area contributed by atoms with Gasteiger partial charge < -0.3 is 5.11 Å². The van der Waals surface area contributed by atoms with Crippen LogP contribution in [0.2, 0.25) is 0 Å². The molecule has 0 aliphatic carbocycles. The number of nitro groups is 2. The maximum absolute atomic E-state index is 11.0. The van der Waals surface area contributed by atoms with Crippen molar-refractivity contribution in [2.45, 2.75) is 26.2 Å². The lowest BCUT2D eigenvalue weighted by atomic mass is 9.84. The molecule has 19 heavy (non-hydrogen) atoms. The van der Waals surface area contributed by atoms with E-state index in [1.54, 1.807) is 20.8 Å². The Kier molecular flexibility index (Phi) is 3.55. The monoisotopic (exact) mass is 268 g/mol. The zero-order chi connectivity index (χ0) is 15.0. The van der Waals surface area contributed by atoms with E-state index in [1.807, 2.05) is 0 Å². The number of nitro benzene ring substituents is 2. The first-order valence-electron chi connectivity index (χ1n) is 5.26. The van der Waals surface area contributed by atoms with Gasteiger partial charge in [-0.05, 0) is 0 Å². The van der Waals surface area contributed by atoms with Gasteiger partial charge in [0.1, 0.15) is 5.56 Å². The minimum absolute atomic E-state index is 0.0903. The maximum Gasteiger partial charge on any atom is 0.336 e. The highest BCUT2D eigenvalue weighted by atomic mass is 16.6. The standard InChI is InChI=1S/C11H12N2O6/c1-11(2,3)9-7(12(16)17)4-6(10(14)15)5-8(9)13(18)19/h4-5H,1-3H3,(H,14,15). The SMILES string of the molecule is CC(C)(C)c1c([N+](=O)[O-])cc(C(=O)O)cc1[N+](=O)[O-]. The van der Waals surface area contributed by atoms with Crippen LogP contribution in [0.3, 0.4) is 0 Å². The highest BCUT2D eigenvalue weighted by Gasteiger charge is 2.35. The number of nitrogens with zero attached hydrogens (tertiary/aromatic N) is 2. The highest BCUT2D eigenvalue weighted by Crippen LogP contribution is 2.39. The summed E-state index contributed by atoms with van der Waals surface area (Å²) in [6, 6.07) is 1.69. The molecule has 0 aliphatic rings. The van der Waals surface area contributed by atoms with Crippen LogP contribution in [0.1, 0.15) is 36.7 Å². The van der Waals surface area contributed by atoms with E-state index in [0.717, 1.165) is 12.1 Å². The molecule has 0 unspecified atom stereocenters. The van der Waals surface area contributed by atoms with Crippen LogP contribution in [0, 0.1) is 20.2 Å². The first-order valence-corrected chi connectivity index (χ1v) is 5.26. The Balaban J connectivity index is 3.81. The van der Waals surface area contributed by atoms with E-state index >= 15 is 0 Å². The second-order valence-electron chi connectivity index (χ2n) is 4.96. The fraction of sp³-hybridized carbons (Fsp3) is 0.364. The molecule has 1 rings (SSSR count). The molecule has 0 radical (unpaired) electrons. The summed E-state index contributed by atoms with van der Waals surface area (Å²) in [6.45, 7) is 4.76. The van der Waals surface area contributed by atoms with Crippen LogP contribution < -0.4 is 0 Å². The number of hydrogen-bond acceptors (Lipinski definition) is 5. The second-order valence-corrected chi connectivity index (χ2v) is 4.96. The molecule has 0 amide bonds. The van der Waals surface area contributed by atoms with Gasteiger partial charge in [-0.25, -0.2) is 4.79 Å². The van der Waals surface area contributed by atoms with Crippen molar-refractivity contribution in [2.75, 3.05) is 0 Å². The Morgan fingerprint density at radius 3 is 1.68 bits per heavy atom. The predicted molar refractivity (Wildman–Crippen MR) is 65.4 cm³/mol. The Hall–Kier alpha value is -2.51. The van der Waals surface area contributed by atoms with E-state index < -0.39 is 38.2 Å². The molecule has 0 saturated heterocycles. The van der Waals surface area contributed by atoms with Crippen molar-refractivity contribution >= 4 is 17.3 Å². The first kappa shape index (κ1) is 14.6. The van der Waals surface area contributed by atoms with Crippen molar-refractivity contribution in [3.8, 4) is 0 Å². The number of carbonyl (C=O) groups is 1. The fourth-order valence-corrected chi connectivity index (χ4v) is 1.79. The summed E-state index contributed by atoms with van der Waals surface area (Å²) in [5.41, 5.74) is -2.54. The minimum atomic E-state index is -1.45. The molecular weight excluding hydrogens is 256 g/mol. The largest absolute Gasteiger partial charge is 0.478 e. The average molecular weight is 268 g/mol. The molecule has 8 nitrogen and oxygen atoms in total. The molecule has 0 bridgehead atoms. The zero-order valence-corrected chi connectivity index (χ0v) is 10.5. The molecule has 0 spiro atoms. The topological polar surface area (TPSA) is 124 Å². The van der Waals surface area contributed by atoms with Crippen molar-refractivity contribution < 1.29 is 19.7 Å². The first-order chi connectivity index (χ1) is 8.55. The molecular formula is C11H12N2O6. The van der Waals surface area contributed by atoms with Crippen LogP contribution >= 0.6 is 0 Å². The molecule has 0 fully saturated rings. The van der Waals surface area contributed by atoms with Crippen molar-refractivity contribution in [2.24, 2.45) is 0 Å². The van der Waals surface area contributed by atoms with Crippen molar-refractivity contribution in [1.82, 2.24) is 0 Å². The van der Waals surface area contributed by atoms with Gasteiger partial charge >= 0.3 is 5.97 Å². The maximum atomic E-state index is 11.0. The Morgan fingerprint density at radius 1 is 1.11 bits per heavy atom. The zero-order valence-electron chi connectivity index (χ0n) is 10.5. The molecule has 8 heteroatoms. The summed E-state index contributed by atoms with van der Waals surface area (Å²) in [5, 5.41) is 30.9. The van der Waals surface area contributed by atoms with Crippen LogP contribution in [0.5, 0.6) is 0 Å². The van der Waals surface area contributed by atoms with E-state index in [0.29, 0.717) is 0 Å².